The molecule has 1 aromatic rings. The topological polar surface area (TPSA) is 112 Å². The number of carbonyl (C=O) groups is 3. The molecule has 0 aliphatic carbocycles. The van der Waals surface area contributed by atoms with Crippen molar-refractivity contribution < 1.29 is 23.9 Å². The van der Waals surface area contributed by atoms with Crippen molar-refractivity contribution in [2.45, 2.75) is 71.6 Å². The molecule has 2 amide bonds. The molecule has 0 radical (unpaired) electrons. The normalized spacial score (nSPS) is 13.4. The third kappa shape index (κ3) is 8.10. The van der Waals surface area contributed by atoms with Gasteiger partial charge in [0.25, 0.3) is 0 Å². The summed E-state index contributed by atoms with van der Waals surface area (Å²) in [4.78, 5) is 39.9. The number of anilines is 1. The van der Waals surface area contributed by atoms with Crippen molar-refractivity contribution in [3.05, 3.63) is 12.5 Å². The molecule has 2 atom stereocenters. The Bertz CT molecular complexity index is 650. The number of aromatic nitrogens is 2. The van der Waals surface area contributed by atoms with Crippen molar-refractivity contribution >= 4 is 23.8 Å². The van der Waals surface area contributed by atoms with E-state index in [2.05, 4.69) is 20.4 Å². The molecule has 2 unspecified atom stereocenters. The summed E-state index contributed by atoms with van der Waals surface area (Å²) < 4.78 is 11.6. The summed E-state index contributed by atoms with van der Waals surface area (Å²) in [5, 5.41) is 5.27. The van der Waals surface area contributed by atoms with Crippen molar-refractivity contribution in [1.29, 1.82) is 0 Å². The average molecular weight is 382 g/mol. The van der Waals surface area contributed by atoms with E-state index in [-0.39, 0.29) is 24.3 Å². The van der Waals surface area contributed by atoms with Crippen LogP contribution in [-0.4, -0.2) is 46.3 Å². The molecule has 0 aromatic carbocycles. The third-order valence-corrected chi connectivity index (χ3v) is 3.64. The maximum absolute atomic E-state index is 12.5. The monoisotopic (exact) mass is 382 g/mol. The van der Waals surface area contributed by atoms with Gasteiger partial charge >= 0.3 is 12.1 Å². The Morgan fingerprint density at radius 1 is 1.30 bits per heavy atom. The molecule has 1 heterocycles. The number of hydrogen-bond acceptors (Lipinski definition) is 6. The number of imidazole rings is 1. The second kappa shape index (κ2) is 9.94. The molecule has 0 aliphatic rings. The Hall–Kier alpha value is -2.58. The van der Waals surface area contributed by atoms with Crippen LogP contribution in [-0.2, 0) is 19.1 Å². The van der Waals surface area contributed by atoms with Crippen LogP contribution in [0.3, 0.4) is 0 Å². The van der Waals surface area contributed by atoms with E-state index in [1.54, 1.807) is 31.5 Å². The van der Waals surface area contributed by atoms with E-state index >= 15 is 0 Å². The van der Waals surface area contributed by atoms with Gasteiger partial charge in [-0.05, 0) is 34.1 Å². The fourth-order valence-corrected chi connectivity index (χ4v) is 2.29. The van der Waals surface area contributed by atoms with Gasteiger partial charge in [0, 0.05) is 12.2 Å². The summed E-state index contributed by atoms with van der Waals surface area (Å²) in [6.07, 6.45) is 3.87. The van der Waals surface area contributed by atoms with Gasteiger partial charge in [-0.2, -0.15) is 0 Å². The van der Waals surface area contributed by atoms with Crippen LogP contribution in [0.4, 0.5) is 10.6 Å². The highest BCUT2D eigenvalue weighted by Crippen LogP contribution is 2.15. The number of carbonyl (C=O) groups excluding carboxylic acids is 3. The first kappa shape index (κ1) is 22.5. The van der Waals surface area contributed by atoms with Crippen LogP contribution in [0.2, 0.25) is 0 Å². The zero-order valence-electron chi connectivity index (χ0n) is 16.9. The maximum atomic E-state index is 12.5. The van der Waals surface area contributed by atoms with Crippen molar-refractivity contribution in [3.63, 3.8) is 0 Å². The number of esters is 1. The zero-order chi connectivity index (χ0) is 20.6. The average Bonchev–Trinajstić information content (AvgIpc) is 3.01. The summed E-state index contributed by atoms with van der Waals surface area (Å²) in [5.74, 6) is -0.372. The summed E-state index contributed by atoms with van der Waals surface area (Å²) in [5.41, 5.74) is -0.647. The third-order valence-electron chi connectivity index (χ3n) is 3.64. The van der Waals surface area contributed by atoms with Gasteiger partial charge in [0.05, 0.1) is 19.9 Å². The van der Waals surface area contributed by atoms with E-state index in [0.717, 1.165) is 0 Å². The fourth-order valence-electron chi connectivity index (χ4n) is 2.29. The molecule has 0 saturated carbocycles. The number of rotatable bonds is 8. The molecule has 27 heavy (non-hydrogen) atoms. The lowest BCUT2D eigenvalue weighted by atomic mass is 10.1. The quantitative estimate of drug-likeness (QED) is 0.669. The smallest absolute Gasteiger partial charge is 0.408 e. The Kier molecular flexibility index (Phi) is 8.27. The van der Waals surface area contributed by atoms with Crippen molar-refractivity contribution in [2.75, 3.05) is 12.4 Å². The van der Waals surface area contributed by atoms with E-state index in [9.17, 15) is 14.4 Å². The Morgan fingerprint density at radius 2 is 1.96 bits per heavy atom. The van der Waals surface area contributed by atoms with Crippen LogP contribution in [0.25, 0.3) is 0 Å². The standard InChI is InChI=1S/C18H30N4O5/c1-7-8-13(20-17(25)27-18(3,4)5)16(24)21-14-10-22(11-19-14)12(2)9-15(23)26-6/h10-13H,7-9H2,1-6H3,(H,20,25)(H,21,24). The van der Waals surface area contributed by atoms with Gasteiger partial charge < -0.3 is 24.7 Å². The van der Waals surface area contributed by atoms with Gasteiger partial charge in [0.2, 0.25) is 5.91 Å². The highest BCUT2D eigenvalue weighted by molar-refractivity contribution is 5.95. The van der Waals surface area contributed by atoms with Crippen LogP contribution < -0.4 is 10.6 Å². The van der Waals surface area contributed by atoms with Gasteiger partial charge in [0.15, 0.2) is 5.82 Å². The van der Waals surface area contributed by atoms with Crippen molar-refractivity contribution in [2.24, 2.45) is 0 Å². The molecule has 0 saturated heterocycles. The van der Waals surface area contributed by atoms with Crippen LogP contribution >= 0.6 is 0 Å². The van der Waals surface area contributed by atoms with E-state index in [0.29, 0.717) is 18.7 Å². The molecule has 2 N–H and O–H groups in total. The first-order valence-electron chi connectivity index (χ1n) is 8.96. The highest BCUT2D eigenvalue weighted by Gasteiger charge is 2.24. The molecule has 0 spiro atoms. The molecule has 1 rings (SSSR count). The van der Waals surface area contributed by atoms with Crippen molar-refractivity contribution in [3.8, 4) is 0 Å². The largest absolute Gasteiger partial charge is 0.469 e. The van der Waals surface area contributed by atoms with Crippen LogP contribution in [0.5, 0.6) is 0 Å². The maximum Gasteiger partial charge on any atom is 0.408 e. The second-order valence-electron chi connectivity index (χ2n) is 7.31. The molecule has 0 fully saturated rings. The van der Waals surface area contributed by atoms with Crippen molar-refractivity contribution in [1.82, 2.24) is 14.9 Å². The summed E-state index contributed by atoms with van der Waals surface area (Å²) in [6.45, 7) is 9.02. The van der Waals surface area contributed by atoms with Gasteiger partial charge in [-0.15, -0.1) is 0 Å². The first-order chi connectivity index (χ1) is 12.6. The summed E-state index contributed by atoms with van der Waals surface area (Å²) in [6, 6.07) is -0.899. The molecular weight excluding hydrogens is 352 g/mol. The van der Waals surface area contributed by atoms with Crippen LogP contribution in [0.15, 0.2) is 12.5 Å². The number of alkyl carbamates (subject to hydrolysis) is 1. The lowest BCUT2D eigenvalue weighted by molar-refractivity contribution is -0.141. The van der Waals surface area contributed by atoms with Gasteiger partial charge in [-0.3, -0.25) is 9.59 Å². The van der Waals surface area contributed by atoms with E-state index in [1.165, 1.54) is 13.4 Å². The Morgan fingerprint density at radius 3 is 2.52 bits per heavy atom. The number of nitrogens with one attached hydrogen (secondary N) is 2. The number of methoxy groups -OCH3 is 1. The number of ether oxygens (including phenoxy) is 2. The van der Waals surface area contributed by atoms with Gasteiger partial charge in [-0.25, -0.2) is 9.78 Å². The van der Waals surface area contributed by atoms with Gasteiger partial charge in [0.1, 0.15) is 11.6 Å². The molecule has 0 aliphatic heterocycles. The first-order valence-corrected chi connectivity index (χ1v) is 8.96. The summed E-state index contributed by atoms with van der Waals surface area (Å²) in [7, 11) is 1.33. The number of nitrogens with zero attached hydrogens (tertiary/aromatic N) is 2. The minimum atomic E-state index is -0.734. The van der Waals surface area contributed by atoms with E-state index in [1.807, 2.05) is 13.8 Å². The minimum absolute atomic E-state index is 0.165. The predicted molar refractivity (Wildman–Crippen MR) is 100 cm³/mol. The zero-order valence-corrected chi connectivity index (χ0v) is 16.9. The Balaban J connectivity index is 2.71. The molecule has 9 nitrogen and oxygen atoms in total. The minimum Gasteiger partial charge on any atom is -0.469 e. The molecule has 152 valence electrons. The van der Waals surface area contributed by atoms with Gasteiger partial charge in [-0.1, -0.05) is 13.3 Å². The van der Waals surface area contributed by atoms with Crippen LogP contribution in [0.1, 0.15) is 59.9 Å². The Labute approximate surface area is 159 Å². The second-order valence-corrected chi connectivity index (χ2v) is 7.31. The van der Waals surface area contributed by atoms with E-state index < -0.39 is 17.7 Å². The summed E-state index contributed by atoms with van der Waals surface area (Å²) >= 11 is 0. The van der Waals surface area contributed by atoms with E-state index in [4.69, 9.17) is 4.74 Å². The molecule has 0 bridgehead atoms. The number of amides is 2. The lowest BCUT2D eigenvalue weighted by Gasteiger charge is -2.23. The lowest BCUT2D eigenvalue weighted by Crippen LogP contribution is -2.45. The SMILES string of the molecule is CCCC(NC(=O)OC(C)(C)C)C(=O)Nc1cn(C(C)CC(=O)OC)cn1. The molecule has 1 aromatic heterocycles. The predicted octanol–water partition coefficient (Wildman–Crippen LogP) is 2.64. The molecule has 9 heteroatoms. The number of hydrogen-bond donors (Lipinski definition) is 2. The fraction of sp³-hybridized carbons (Fsp3) is 0.667. The highest BCUT2D eigenvalue weighted by atomic mass is 16.6. The molecular formula is C18H30N4O5. The van der Waals surface area contributed by atoms with Crippen LogP contribution in [0, 0.1) is 0 Å².